The Hall–Kier alpha value is -3.71. The molecule has 0 spiro atoms. The van der Waals surface area contributed by atoms with Crippen molar-refractivity contribution in [2.45, 2.75) is 46.3 Å². The number of nitrogen functional groups attached to an aromatic ring is 1. The minimum absolute atomic E-state index is 0.207. The van der Waals surface area contributed by atoms with E-state index in [4.69, 9.17) is 15.9 Å². The summed E-state index contributed by atoms with van der Waals surface area (Å²) >= 11 is 0. The van der Waals surface area contributed by atoms with Gasteiger partial charge in [-0.05, 0) is 72.9 Å². The second-order valence-corrected chi connectivity index (χ2v) is 10.9. The molecule has 2 aromatic carbocycles. The van der Waals surface area contributed by atoms with Crippen LogP contribution in [0.3, 0.4) is 0 Å². The predicted octanol–water partition coefficient (Wildman–Crippen LogP) is 4.90. The van der Waals surface area contributed by atoms with Crippen molar-refractivity contribution < 1.29 is 9.53 Å². The van der Waals surface area contributed by atoms with Crippen molar-refractivity contribution in [3.05, 3.63) is 89.2 Å². The van der Waals surface area contributed by atoms with Crippen molar-refractivity contribution in [1.29, 1.82) is 5.41 Å². The maximum atomic E-state index is 12.7. The second kappa shape index (κ2) is 11.6. The molecule has 1 fully saturated rings. The Morgan fingerprint density at radius 3 is 2.43 bits per heavy atom. The van der Waals surface area contributed by atoms with E-state index in [1.165, 1.54) is 0 Å². The summed E-state index contributed by atoms with van der Waals surface area (Å²) in [5.41, 5.74) is 9.66. The van der Waals surface area contributed by atoms with Crippen molar-refractivity contribution in [3.8, 4) is 5.75 Å². The summed E-state index contributed by atoms with van der Waals surface area (Å²) in [5, 5.41) is 11.6. The first-order valence-corrected chi connectivity index (χ1v) is 12.8. The summed E-state index contributed by atoms with van der Waals surface area (Å²) in [4.78, 5) is 19.4. The van der Waals surface area contributed by atoms with E-state index in [1.807, 2.05) is 42.5 Å². The lowest BCUT2D eigenvalue weighted by Crippen LogP contribution is -2.42. The van der Waals surface area contributed by atoms with Gasteiger partial charge in [0.25, 0.3) is 5.91 Å². The SMILES string of the molecule is CC(C)(C)CN1CCC(Oc2ccc(C(=N)c3cc(C(=O)NCc4ccccn4)ccc3N)cc2)CC1. The number of rotatable bonds is 8. The molecule has 4 rings (SSSR count). The van der Waals surface area contributed by atoms with Gasteiger partial charge in [-0.3, -0.25) is 15.2 Å². The third kappa shape index (κ3) is 7.40. The lowest BCUT2D eigenvalue weighted by molar-refractivity contribution is 0.0810. The van der Waals surface area contributed by atoms with Gasteiger partial charge in [0.2, 0.25) is 0 Å². The fourth-order valence-electron chi connectivity index (χ4n) is 4.59. The number of anilines is 1. The van der Waals surface area contributed by atoms with Gasteiger partial charge in [0.15, 0.2) is 0 Å². The van der Waals surface area contributed by atoms with Crippen LogP contribution in [-0.4, -0.2) is 47.2 Å². The van der Waals surface area contributed by atoms with Crippen LogP contribution in [0.2, 0.25) is 0 Å². The van der Waals surface area contributed by atoms with Crippen LogP contribution in [0.5, 0.6) is 5.75 Å². The highest BCUT2D eigenvalue weighted by Crippen LogP contribution is 2.24. The van der Waals surface area contributed by atoms with Crippen molar-refractivity contribution in [1.82, 2.24) is 15.2 Å². The molecule has 7 heteroatoms. The number of nitrogens with zero attached hydrogens (tertiary/aromatic N) is 2. The third-order valence-corrected chi connectivity index (χ3v) is 6.42. The normalized spacial score (nSPS) is 14.8. The van der Waals surface area contributed by atoms with Crippen molar-refractivity contribution in [3.63, 3.8) is 0 Å². The number of piperidine rings is 1. The van der Waals surface area contributed by atoms with Crippen molar-refractivity contribution >= 4 is 17.3 Å². The van der Waals surface area contributed by atoms with Crippen LogP contribution in [0.1, 0.15) is 60.8 Å². The molecule has 0 unspecified atom stereocenters. The Balaban J connectivity index is 1.35. The summed E-state index contributed by atoms with van der Waals surface area (Å²) < 4.78 is 6.23. The summed E-state index contributed by atoms with van der Waals surface area (Å²) in [7, 11) is 0. The molecule has 2 heterocycles. The number of carbonyl (C=O) groups excluding carboxylic acids is 1. The van der Waals surface area contributed by atoms with E-state index in [2.05, 4.69) is 36.0 Å². The predicted molar refractivity (Wildman–Crippen MR) is 148 cm³/mol. The first kappa shape index (κ1) is 26.4. The van der Waals surface area contributed by atoms with Gasteiger partial charge in [-0.25, -0.2) is 0 Å². The molecule has 7 nitrogen and oxygen atoms in total. The molecule has 194 valence electrons. The van der Waals surface area contributed by atoms with Crippen LogP contribution in [0.15, 0.2) is 66.9 Å². The van der Waals surface area contributed by atoms with Gasteiger partial charge in [-0.2, -0.15) is 0 Å². The van der Waals surface area contributed by atoms with E-state index in [1.54, 1.807) is 24.4 Å². The molecule has 0 atom stereocenters. The number of carbonyl (C=O) groups is 1. The highest BCUT2D eigenvalue weighted by atomic mass is 16.5. The van der Waals surface area contributed by atoms with E-state index >= 15 is 0 Å². The van der Waals surface area contributed by atoms with Crippen LogP contribution in [0.4, 0.5) is 5.69 Å². The standard InChI is InChI=1S/C30H37N5O2/c1-30(2,3)20-35-16-13-25(14-17-35)37-24-10-7-21(8-11-24)28(32)26-18-22(9-12-27(26)31)29(36)34-19-23-6-4-5-15-33-23/h4-12,15,18,25,32H,13-14,16-17,19-20,31H2,1-3H3,(H,34,36). The molecule has 0 bridgehead atoms. The molecule has 0 aliphatic carbocycles. The molecule has 1 aromatic heterocycles. The fourth-order valence-corrected chi connectivity index (χ4v) is 4.59. The van der Waals surface area contributed by atoms with E-state index in [0.29, 0.717) is 34.3 Å². The first-order valence-electron chi connectivity index (χ1n) is 12.8. The first-order chi connectivity index (χ1) is 17.7. The molecule has 1 amide bonds. The lowest BCUT2D eigenvalue weighted by atomic mass is 9.94. The topological polar surface area (TPSA) is 104 Å². The molecule has 0 radical (unpaired) electrons. The zero-order valence-corrected chi connectivity index (χ0v) is 22.0. The lowest BCUT2D eigenvalue weighted by Gasteiger charge is -2.35. The number of ether oxygens (including phenoxy) is 1. The molecule has 1 aliphatic heterocycles. The smallest absolute Gasteiger partial charge is 0.251 e. The number of hydrogen-bond donors (Lipinski definition) is 3. The second-order valence-electron chi connectivity index (χ2n) is 10.9. The zero-order chi connectivity index (χ0) is 26.4. The van der Waals surface area contributed by atoms with Crippen molar-refractivity contribution in [2.75, 3.05) is 25.4 Å². The molecular formula is C30H37N5O2. The Labute approximate surface area is 219 Å². The molecule has 1 saturated heterocycles. The highest BCUT2D eigenvalue weighted by molar-refractivity contribution is 6.14. The van der Waals surface area contributed by atoms with Crippen molar-refractivity contribution in [2.24, 2.45) is 5.41 Å². The molecule has 4 N–H and O–H groups in total. The molecule has 3 aromatic rings. The quantitative estimate of drug-likeness (QED) is 0.302. The van der Waals surface area contributed by atoms with E-state index in [-0.39, 0.29) is 17.7 Å². The fraction of sp³-hybridized carbons (Fsp3) is 0.367. The summed E-state index contributed by atoms with van der Waals surface area (Å²) in [6, 6.07) is 18.1. The van der Waals surface area contributed by atoms with Crippen LogP contribution in [0.25, 0.3) is 0 Å². The van der Waals surface area contributed by atoms with Gasteiger partial charge in [0.05, 0.1) is 18.0 Å². The number of nitrogens with two attached hydrogens (primary N) is 1. The molecule has 37 heavy (non-hydrogen) atoms. The number of likely N-dealkylation sites (tertiary alicyclic amines) is 1. The van der Waals surface area contributed by atoms with Gasteiger partial charge in [-0.1, -0.05) is 26.8 Å². The average Bonchev–Trinajstić information content (AvgIpc) is 2.88. The average molecular weight is 500 g/mol. The van der Waals surface area contributed by atoms with E-state index in [9.17, 15) is 4.79 Å². The minimum atomic E-state index is -0.239. The largest absolute Gasteiger partial charge is 0.490 e. The Bertz CT molecular complexity index is 1210. The number of amides is 1. The van der Waals surface area contributed by atoms with Gasteiger partial charge in [0, 0.05) is 48.2 Å². The number of hydrogen-bond acceptors (Lipinski definition) is 6. The van der Waals surface area contributed by atoms with Crippen LogP contribution >= 0.6 is 0 Å². The van der Waals surface area contributed by atoms with Crippen LogP contribution in [0, 0.1) is 10.8 Å². The maximum Gasteiger partial charge on any atom is 0.251 e. The Morgan fingerprint density at radius 2 is 1.78 bits per heavy atom. The van der Waals surface area contributed by atoms with E-state index in [0.717, 1.165) is 43.9 Å². The van der Waals surface area contributed by atoms with Gasteiger partial charge >= 0.3 is 0 Å². The zero-order valence-electron chi connectivity index (χ0n) is 22.0. The summed E-state index contributed by atoms with van der Waals surface area (Å²) in [6.45, 7) is 10.4. The van der Waals surface area contributed by atoms with Gasteiger partial charge in [-0.15, -0.1) is 0 Å². The van der Waals surface area contributed by atoms with E-state index < -0.39 is 0 Å². The van der Waals surface area contributed by atoms with Gasteiger partial charge in [0.1, 0.15) is 11.9 Å². The number of benzene rings is 2. The third-order valence-electron chi connectivity index (χ3n) is 6.42. The Kier molecular flexibility index (Phi) is 8.24. The maximum absolute atomic E-state index is 12.7. The highest BCUT2D eigenvalue weighted by Gasteiger charge is 2.24. The number of aromatic nitrogens is 1. The Morgan fingerprint density at radius 1 is 1.08 bits per heavy atom. The molecular weight excluding hydrogens is 462 g/mol. The summed E-state index contributed by atoms with van der Waals surface area (Å²) in [6.07, 6.45) is 3.93. The van der Waals surface area contributed by atoms with Crippen LogP contribution < -0.4 is 15.8 Å². The number of pyridine rings is 1. The summed E-state index contributed by atoms with van der Waals surface area (Å²) in [5.74, 6) is 0.568. The van der Waals surface area contributed by atoms with Gasteiger partial charge < -0.3 is 20.7 Å². The minimum Gasteiger partial charge on any atom is -0.490 e. The molecule has 1 aliphatic rings. The molecule has 0 saturated carbocycles. The van der Waals surface area contributed by atoms with Crippen LogP contribution in [-0.2, 0) is 6.54 Å². The number of nitrogens with one attached hydrogen (secondary N) is 2. The monoisotopic (exact) mass is 499 g/mol.